The third-order valence-corrected chi connectivity index (χ3v) is 4.18. The highest BCUT2D eigenvalue weighted by Crippen LogP contribution is 2.20. The second-order valence-corrected chi connectivity index (χ2v) is 6.69. The minimum absolute atomic E-state index is 0.869. The van der Waals surface area contributed by atoms with Gasteiger partial charge in [-0.15, -0.1) is 0 Å². The van der Waals surface area contributed by atoms with Gasteiger partial charge in [-0.25, -0.2) is 0 Å². The number of nitrogens with one attached hydrogen (secondary N) is 2. The molecule has 1 heterocycles. The number of piperidine rings is 1. The maximum Gasteiger partial charge on any atom is 0.190 e. The highest BCUT2D eigenvalue weighted by molar-refractivity contribution is 5.79. The van der Waals surface area contributed by atoms with Crippen molar-refractivity contribution in [2.45, 2.75) is 52.9 Å². The van der Waals surface area contributed by atoms with Crippen molar-refractivity contribution < 1.29 is 0 Å². The molecule has 1 aliphatic heterocycles. The van der Waals surface area contributed by atoms with Crippen LogP contribution in [0.2, 0.25) is 0 Å². The van der Waals surface area contributed by atoms with Gasteiger partial charge in [0.1, 0.15) is 0 Å². The molecule has 0 saturated carbocycles. The lowest BCUT2D eigenvalue weighted by Gasteiger charge is -2.34. The van der Waals surface area contributed by atoms with Crippen LogP contribution >= 0.6 is 0 Å². The Hall–Kier alpha value is -0.770. The van der Waals surface area contributed by atoms with E-state index in [1.807, 2.05) is 7.05 Å². The van der Waals surface area contributed by atoms with Gasteiger partial charge in [0.15, 0.2) is 5.96 Å². The fraction of sp³-hybridized carbons (Fsp3) is 0.941. The molecule has 0 aliphatic carbocycles. The molecular formula is C17H36N4. The van der Waals surface area contributed by atoms with Gasteiger partial charge in [0.05, 0.1) is 0 Å². The summed E-state index contributed by atoms with van der Waals surface area (Å²) < 4.78 is 0. The third-order valence-electron chi connectivity index (χ3n) is 4.18. The monoisotopic (exact) mass is 296 g/mol. The van der Waals surface area contributed by atoms with Gasteiger partial charge in [0.25, 0.3) is 0 Å². The summed E-state index contributed by atoms with van der Waals surface area (Å²) in [4.78, 5) is 6.90. The number of unbranched alkanes of at least 4 members (excludes halogenated alkanes) is 2. The van der Waals surface area contributed by atoms with Crippen LogP contribution in [0.3, 0.4) is 0 Å². The number of nitrogens with zero attached hydrogens (tertiary/aromatic N) is 2. The Morgan fingerprint density at radius 1 is 1.05 bits per heavy atom. The molecule has 1 rings (SSSR count). The van der Waals surface area contributed by atoms with Crippen LogP contribution in [-0.2, 0) is 0 Å². The first kappa shape index (κ1) is 18.3. The van der Waals surface area contributed by atoms with Crippen LogP contribution in [0.4, 0.5) is 0 Å². The fourth-order valence-corrected chi connectivity index (χ4v) is 3.25. The van der Waals surface area contributed by atoms with Crippen LogP contribution in [0, 0.1) is 11.8 Å². The topological polar surface area (TPSA) is 39.7 Å². The molecule has 0 bridgehead atoms. The molecule has 1 saturated heterocycles. The summed E-state index contributed by atoms with van der Waals surface area (Å²) in [6, 6.07) is 0. The minimum atomic E-state index is 0.869. The minimum Gasteiger partial charge on any atom is -0.356 e. The van der Waals surface area contributed by atoms with Crippen LogP contribution in [0.25, 0.3) is 0 Å². The lowest BCUT2D eigenvalue weighted by molar-refractivity contribution is 0.139. The lowest BCUT2D eigenvalue weighted by Crippen LogP contribution is -2.40. The largest absolute Gasteiger partial charge is 0.356 e. The molecular weight excluding hydrogens is 260 g/mol. The van der Waals surface area contributed by atoms with Gasteiger partial charge in [-0.2, -0.15) is 0 Å². The second-order valence-electron chi connectivity index (χ2n) is 6.69. The maximum atomic E-state index is 4.25. The first-order valence-electron chi connectivity index (χ1n) is 8.82. The number of likely N-dealkylation sites (tertiary alicyclic amines) is 1. The van der Waals surface area contributed by atoms with Gasteiger partial charge in [0, 0.05) is 33.2 Å². The summed E-state index contributed by atoms with van der Waals surface area (Å²) in [6.07, 6.45) is 6.31. The van der Waals surface area contributed by atoms with E-state index >= 15 is 0 Å². The molecule has 0 aromatic carbocycles. The second kappa shape index (κ2) is 10.9. The Morgan fingerprint density at radius 2 is 1.67 bits per heavy atom. The quantitative estimate of drug-likeness (QED) is 0.411. The Bertz CT molecular complexity index is 281. The van der Waals surface area contributed by atoms with E-state index in [0.717, 1.165) is 30.9 Å². The van der Waals surface area contributed by atoms with E-state index in [2.05, 4.69) is 41.3 Å². The molecule has 4 nitrogen and oxygen atoms in total. The first-order chi connectivity index (χ1) is 10.2. The zero-order valence-corrected chi connectivity index (χ0v) is 14.6. The average Bonchev–Trinajstić information content (AvgIpc) is 2.44. The van der Waals surface area contributed by atoms with E-state index in [0.29, 0.717) is 0 Å². The summed E-state index contributed by atoms with van der Waals surface area (Å²) >= 11 is 0. The normalized spacial score (nSPS) is 24.1. The van der Waals surface area contributed by atoms with Gasteiger partial charge < -0.3 is 15.5 Å². The number of aliphatic imine (C=N–C) groups is 1. The first-order valence-corrected chi connectivity index (χ1v) is 8.82. The molecule has 0 aromatic heterocycles. The van der Waals surface area contributed by atoms with E-state index in [1.165, 1.54) is 51.7 Å². The molecule has 0 aromatic rings. The van der Waals surface area contributed by atoms with Crippen molar-refractivity contribution in [1.82, 2.24) is 15.5 Å². The summed E-state index contributed by atoms with van der Waals surface area (Å²) in [7, 11) is 1.85. The van der Waals surface area contributed by atoms with E-state index < -0.39 is 0 Å². The molecule has 124 valence electrons. The van der Waals surface area contributed by atoms with Gasteiger partial charge in [-0.1, -0.05) is 27.2 Å². The maximum absolute atomic E-state index is 4.25. The molecule has 21 heavy (non-hydrogen) atoms. The molecule has 2 unspecified atom stereocenters. The molecule has 1 fully saturated rings. The number of hydrogen-bond acceptors (Lipinski definition) is 2. The molecule has 2 N–H and O–H groups in total. The fourth-order valence-electron chi connectivity index (χ4n) is 3.25. The molecule has 0 radical (unpaired) electrons. The molecule has 0 amide bonds. The smallest absolute Gasteiger partial charge is 0.190 e. The highest BCUT2D eigenvalue weighted by Gasteiger charge is 2.20. The van der Waals surface area contributed by atoms with Gasteiger partial charge in [-0.05, 0) is 44.1 Å². The van der Waals surface area contributed by atoms with Crippen LogP contribution in [0.1, 0.15) is 52.9 Å². The summed E-state index contributed by atoms with van der Waals surface area (Å²) in [6.45, 7) is 12.8. The predicted octanol–water partition coefficient (Wildman–Crippen LogP) is 2.71. The van der Waals surface area contributed by atoms with Crippen molar-refractivity contribution in [3.8, 4) is 0 Å². The molecule has 4 heteroatoms. The Morgan fingerprint density at radius 3 is 2.24 bits per heavy atom. The highest BCUT2D eigenvalue weighted by atomic mass is 15.2. The summed E-state index contributed by atoms with van der Waals surface area (Å²) in [5.74, 6) is 2.69. The SMILES string of the molecule is CCCCNC(=NC)NCCCCN1CC(C)CC(C)C1. The van der Waals surface area contributed by atoms with Gasteiger partial charge in [0.2, 0.25) is 0 Å². The van der Waals surface area contributed by atoms with Crippen molar-refractivity contribution in [1.29, 1.82) is 0 Å². The Balaban J connectivity index is 2.05. The lowest BCUT2D eigenvalue weighted by atomic mass is 9.92. The molecule has 1 aliphatic rings. The van der Waals surface area contributed by atoms with Gasteiger partial charge in [-0.3, -0.25) is 4.99 Å². The number of rotatable bonds is 8. The average molecular weight is 297 g/mol. The van der Waals surface area contributed by atoms with Crippen LogP contribution < -0.4 is 10.6 Å². The van der Waals surface area contributed by atoms with Crippen molar-refractivity contribution in [2.75, 3.05) is 39.8 Å². The van der Waals surface area contributed by atoms with Crippen molar-refractivity contribution in [2.24, 2.45) is 16.8 Å². The van der Waals surface area contributed by atoms with Gasteiger partial charge >= 0.3 is 0 Å². The van der Waals surface area contributed by atoms with E-state index in [-0.39, 0.29) is 0 Å². The van der Waals surface area contributed by atoms with E-state index in [1.54, 1.807) is 0 Å². The van der Waals surface area contributed by atoms with Crippen molar-refractivity contribution in [3.05, 3.63) is 0 Å². The van der Waals surface area contributed by atoms with Crippen molar-refractivity contribution >= 4 is 5.96 Å². The van der Waals surface area contributed by atoms with Crippen LogP contribution in [0.5, 0.6) is 0 Å². The number of guanidine groups is 1. The Kier molecular flexibility index (Phi) is 9.48. The number of hydrogen-bond donors (Lipinski definition) is 2. The van der Waals surface area contributed by atoms with E-state index in [4.69, 9.17) is 0 Å². The third kappa shape index (κ3) is 8.30. The molecule has 0 spiro atoms. The van der Waals surface area contributed by atoms with E-state index in [9.17, 15) is 0 Å². The summed E-state index contributed by atoms with van der Waals surface area (Å²) in [5.41, 5.74) is 0. The standard InChI is InChI=1S/C17H36N4/c1-5-6-9-19-17(18-4)20-10-7-8-11-21-13-15(2)12-16(3)14-21/h15-16H,5-14H2,1-4H3,(H2,18,19,20). The Labute approximate surface area is 131 Å². The molecule has 2 atom stereocenters. The van der Waals surface area contributed by atoms with Crippen LogP contribution in [-0.4, -0.2) is 50.6 Å². The zero-order valence-electron chi connectivity index (χ0n) is 14.6. The van der Waals surface area contributed by atoms with Crippen LogP contribution in [0.15, 0.2) is 4.99 Å². The zero-order chi connectivity index (χ0) is 15.5. The van der Waals surface area contributed by atoms with Crippen molar-refractivity contribution in [3.63, 3.8) is 0 Å². The summed E-state index contributed by atoms with van der Waals surface area (Å²) in [5, 5.41) is 6.75. The predicted molar refractivity (Wildman–Crippen MR) is 92.9 cm³/mol.